The van der Waals surface area contributed by atoms with Crippen LogP contribution in [-0.2, 0) is 11.2 Å². The number of benzene rings is 1. The molecule has 31 heavy (non-hydrogen) atoms. The molecule has 5 nitrogen and oxygen atoms in total. The topological polar surface area (TPSA) is 62.3 Å². The number of pyridine rings is 1. The van der Waals surface area contributed by atoms with Gasteiger partial charge >= 0.3 is 0 Å². The van der Waals surface area contributed by atoms with Crippen molar-refractivity contribution in [2.45, 2.75) is 32.7 Å². The lowest BCUT2D eigenvalue weighted by Crippen LogP contribution is -2.47. The molecule has 0 saturated carbocycles. The third kappa shape index (κ3) is 4.69. The molecule has 0 radical (unpaired) electrons. The molecular weight excluding hydrogens is 406 g/mol. The number of nitrogens with zero attached hydrogens (tertiary/aromatic N) is 2. The zero-order valence-corrected chi connectivity index (χ0v) is 18.7. The van der Waals surface area contributed by atoms with E-state index in [4.69, 9.17) is 0 Å². The van der Waals surface area contributed by atoms with E-state index in [1.807, 2.05) is 13.8 Å². The van der Waals surface area contributed by atoms with Gasteiger partial charge in [0, 0.05) is 31.5 Å². The molecule has 1 N–H and O–H groups in total. The van der Waals surface area contributed by atoms with Crippen molar-refractivity contribution in [3.63, 3.8) is 0 Å². The average molecular weight is 434 g/mol. The van der Waals surface area contributed by atoms with Crippen LogP contribution in [0.1, 0.15) is 36.2 Å². The molecule has 160 valence electrons. The number of likely N-dealkylation sites (tertiary alicyclic amines) is 1. The summed E-state index contributed by atoms with van der Waals surface area (Å²) in [6.45, 7) is 4.90. The summed E-state index contributed by atoms with van der Waals surface area (Å²) in [5.41, 5.74) is 3.41. The van der Waals surface area contributed by atoms with E-state index in [2.05, 4.69) is 51.4 Å². The molecule has 6 heteroatoms. The van der Waals surface area contributed by atoms with Crippen LogP contribution in [0, 0.1) is 5.41 Å². The van der Waals surface area contributed by atoms with Crippen LogP contribution in [0.25, 0.3) is 11.1 Å². The molecule has 1 atom stereocenters. The van der Waals surface area contributed by atoms with Crippen LogP contribution in [0.3, 0.4) is 0 Å². The molecule has 4 rings (SSSR count). The highest BCUT2D eigenvalue weighted by Gasteiger charge is 2.46. The number of amides is 2. The van der Waals surface area contributed by atoms with E-state index in [-0.39, 0.29) is 17.9 Å². The van der Waals surface area contributed by atoms with Crippen molar-refractivity contribution in [1.82, 2.24) is 15.2 Å². The first-order valence-corrected chi connectivity index (χ1v) is 11.5. The Hall–Kier alpha value is -2.99. The number of hydrogen-bond donors (Lipinski definition) is 1. The normalized spacial score (nSPS) is 18.4. The number of carbonyl (C=O) groups is 2. The lowest BCUT2D eigenvalue weighted by atomic mass is 9.79. The van der Waals surface area contributed by atoms with Crippen LogP contribution < -0.4 is 5.32 Å². The highest BCUT2D eigenvalue weighted by Crippen LogP contribution is 2.36. The van der Waals surface area contributed by atoms with Crippen molar-refractivity contribution >= 4 is 23.2 Å². The number of carbonyl (C=O) groups excluding carboxylic acids is 2. The second kappa shape index (κ2) is 9.02. The summed E-state index contributed by atoms with van der Waals surface area (Å²) in [6, 6.07) is 14.1. The van der Waals surface area contributed by atoms with Crippen molar-refractivity contribution in [3.8, 4) is 11.1 Å². The number of aromatic nitrogens is 1. The van der Waals surface area contributed by atoms with E-state index in [0.29, 0.717) is 31.5 Å². The highest BCUT2D eigenvalue weighted by atomic mass is 32.1. The molecule has 2 aromatic heterocycles. The van der Waals surface area contributed by atoms with Gasteiger partial charge in [0.2, 0.25) is 5.91 Å². The van der Waals surface area contributed by atoms with E-state index in [9.17, 15) is 9.59 Å². The summed E-state index contributed by atoms with van der Waals surface area (Å²) in [5.74, 6) is -0.0500. The van der Waals surface area contributed by atoms with E-state index in [1.54, 1.807) is 40.8 Å². The first-order chi connectivity index (χ1) is 15.0. The molecule has 1 fully saturated rings. The van der Waals surface area contributed by atoms with Crippen LogP contribution in [0.2, 0.25) is 0 Å². The van der Waals surface area contributed by atoms with Crippen molar-refractivity contribution < 1.29 is 9.59 Å². The van der Waals surface area contributed by atoms with Crippen LogP contribution in [0.5, 0.6) is 0 Å². The molecule has 1 aliphatic heterocycles. The standard InChI is InChI=1S/C25H27N3O2S/c1-18(2)27-24(30)25(10-12-28(17-25)23(29)21-4-3-11-26-15-21)14-19-5-7-20(8-6-19)22-9-13-31-16-22/h3-9,11,13,15-16,18H,10,12,14,17H2,1-2H3,(H,27,30)/t25-/m0/s1. The van der Waals surface area contributed by atoms with Crippen LogP contribution in [0.15, 0.2) is 65.6 Å². The van der Waals surface area contributed by atoms with E-state index in [1.165, 1.54) is 11.1 Å². The van der Waals surface area contributed by atoms with Crippen LogP contribution in [-0.4, -0.2) is 40.8 Å². The molecule has 0 spiro atoms. The predicted octanol–water partition coefficient (Wildman–Crippen LogP) is 4.41. The monoisotopic (exact) mass is 433 g/mol. The first-order valence-electron chi connectivity index (χ1n) is 10.6. The van der Waals surface area contributed by atoms with Gasteiger partial charge in [-0.05, 0) is 72.3 Å². The summed E-state index contributed by atoms with van der Waals surface area (Å²) in [6.07, 6.45) is 4.48. The van der Waals surface area contributed by atoms with Gasteiger partial charge in [0.1, 0.15) is 0 Å². The fraction of sp³-hybridized carbons (Fsp3) is 0.320. The van der Waals surface area contributed by atoms with Gasteiger partial charge in [-0.2, -0.15) is 11.3 Å². The second-order valence-corrected chi connectivity index (χ2v) is 9.29. The Morgan fingerprint density at radius 1 is 1.16 bits per heavy atom. The maximum absolute atomic E-state index is 13.3. The fourth-order valence-electron chi connectivity index (χ4n) is 4.18. The summed E-state index contributed by atoms with van der Waals surface area (Å²) in [5, 5.41) is 7.29. The molecule has 0 aliphatic carbocycles. The Kier molecular flexibility index (Phi) is 6.18. The largest absolute Gasteiger partial charge is 0.353 e. The summed E-state index contributed by atoms with van der Waals surface area (Å²) >= 11 is 1.68. The molecule has 1 aromatic carbocycles. The van der Waals surface area contributed by atoms with Gasteiger partial charge in [0.05, 0.1) is 11.0 Å². The maximum atomic E-state index is 13.3. The Morgan fingerprint density at radius 3 is 2.61 bits per heavy atom. The number of hydrogen-bond acceptors (Lipinski definition) is 4. The lowest BCUT2D eigenvalue weighted by Gasteiger charge is -2.29. The lowest BCUT2D eigenvalue weighted by molar-refractivity contribution is -0.130. The quantitative estimate of drug-likeness (QED) is 0.626. The van der Waals surface area contributed by atoms with Crippen molar-refractivity contribution in [3.05, 3.63) is 76.7 Å². The summed E-state index contributed by atoms with van der Waals surface area (Å²) in [7, 11) is 0. The Bertz CT molecular complexity index is 1030. The van der Waals surface area contributed by atoms with Gasteiger partial charge < -0.3 is 10.2 Å². The van der Waals surface area contributed by atoms with Gasteiger partial charge in [-0.1, -0.05) is 24.3 Å². The zero-order valence-electron chi connectivity index (χ0n) is 17.9. The third-order valence-electron chi connectivity index (χ3n) is 5.80. The van der Waals surface area contributed by atoms with Gasteiger partial charge in [0.25, 0.3) is 5.91 Å². The molecule has 1 saturated heterocycles. The van der Waals surface area contributed by atoms with E-state index in [0.717, 1.165) is 5.56 Å². The number of thiophene rings is 1. The maximum Gasteiger partial charge on any atom is 0.255 e. The Balaban J connectivity index is 1.56. The van der Waals surface area contributed by atoms with E-state index >= 15 is 0 Å². The smallest absolute Gasteiger partial charge is 0.255 e. The summed E-state index contributed by atoms with van der Waals surface area (Å²) < 4.78 is 0. The van der Waals surface area contributed by atoms with Gasteiger partial charge in [-0.3, -0.25) is 14.6 Å². The SMILES string of the molecule is CC(C)NC(=O)[C@]1(Cc2ccc(-c3ccsc3)cc2)CCN(C(=O)c2cccnc2)C1. The molecule has 3 heterocycles. The molecule has 2 amide bonds. The number of nitrogens with one attached hydrogen (secondary N) is 1. The zero-order chi connectivity index (χ0) is 21.8. The van der Waals surface area contributed by atoms with Gasteiger partial charge in [-0.25, -0.2) is 0 Å². The van der Waals surface area contributed by atoms with Gasteiger partial charge in [-0.15, -0.1) is 0 Å². The van der Waals surface area contributed by atoms with E-state index < -0.39 is 5.41 Å². The highest BCUT2D eigenvalue weighted by molar-refractivity contribution is 7.08. The molecule has 0 unspecified atom stereocenters. The van der Waals surface area contributed by atoms with Crippen LogP contribution in [0.4, 0.5) is 0 Å². The Morgan fingerprint density at radius 2 is 1.97 bits per heavy atom. The third-order valence-corrected chi connectivity index (χ3v) is 6.49. The van der Waals surface area contributed by atoms with Crippen molar-refractivity contribution in [1.29, 1.82) is 0 Å². The fourth-order valence-corrected chi connectivity index (χ4v) is 4.84. The molecular formula is C25H27N3O2S. The molecule has 3 aromatic rings. The molecule has 1 aliphatic rings. The minimum atomic E-state index is -0.633. The van der Waals surface area contributed by atoms with Gasteiger partial charge in [0.15, 0.2) is 0 Å². The molecule has 0 bridgehead atoms. The number of rotatable bonds is 6. The first kappa shape index (κ1) is 21.2. The predicted molar refractivity (Wildman–Crippen MR) is 124 cm³/mol. The minimum Gasteiger partial charge on any atom is -0.353 e. The average Bonchev–Trinajstić information content (AvgIpc) is 3.45. The van der Waals surface area contributed by atoms with Crippen molar-refractivity contribution in [2.75, 3.05) is 13.1 Å². The van der Waals surface area contributed by atoms with Crippen LogP contribution >= 0.6 is 11.3 Å². The minimum absolute atomic E-state index is 0.0193. The second-order valence-electron chi connectivity index (χ2n) is 8.51. The Labute approximate surface area is 187 Å². The van der Waals surface area contributed by atoms with Crippen molar-refractivity contribution in [2.24, 2.45) is 5.41 Å². The summed E-state index contributed by atoms with van der Waals surface area (Å²) in [4.78, 5) is 32.1.